The van der Waals surface area contributed by atoms with E-state index >= 15 is 0 Å². The summed E-state index contributed by atoms with van der Waals surface area (Å²) in [5, 5.41) is 0. The summed E-state index contributed by atoms with van der Waals surface area (Å²) in [5.41, 5.74) is 5.75. The zero-order valence-electron chi connectivity index (χ0n) is 10.2. The normalized spacial score (nSPS) is 21.4. The van der Waals surface area contributed by atoms with Crippen LogP contribution in [-0.2, 0) is 4.79 Å². The van der Waals surface area contributed by atoms with Crippen LogP contribution in [0.15, 0.2) is 36.7 Å². The topological polar surface area (TPSA) is 73.9 Å². The van der Waals surface area contributed by atoms with E-state index in [4.69, 9.17) is 4.74 Å². The minimum absolute atomic E-state index is 0.231. The lowest BCUT2D eigenvalue weighted by atomic mass is 10.2. The molecule has 0 spiro atoms. The van der Waals surface area contributed by atoms with Gasteiger partial charge in [-0.1, -0.05) is 0 Å². The summed E-state index contributed by atoms with van der Waals surface area (Å²) < 4.78 is 5.07. The summed E-state index contributed by atoms with van der Waals surface area (Å²) in [4.78, 5) is 26.4. The number of fused-ring (bicyclic) bond motifs is 1. The third-order valence-electron chi connectivity index (χ3n) is 3.03. The molecule has 7 heteroatoms. The molecule has 1 atom stereocenters. The Balaban J connectivity index is 1.89. The molecule has 0 aromatic heterocycles. The molecule has 0 bridgehead atoms. The molecular weight excluding hydrogens is 248 g/mol. The monoisotopic (exact) mass is 260 g/mol. The second-order valence-electron chi connectivity index (χ2n) is 4.09. The Labute approximate surface area is 109 Å². The molecule has 0 saturated carbocycles. The first-order valence-corrected chi connectivity index (χ1v) is 5.70. The molecule has 2 heterocycles. The van der Waals surface area contributed by atoms with Crippen molar-refractivity contribution in [1.29, 1.82) is 0 Å². The van der Waals surface area contributed by atoms with Crippen LogP contribution in [0.1, 0.15) is 0 Å². The Kier molecular flexibility index (Phi) is 2.60. The summed E-state index contributed by atoms with van der Waals surface area (Å²) in [7, 11) is 1.58. The van der Waals surface area contributed by atoms with Crippen molar-refractivity contribution in [3.63, 3.8) is 0 Å². The Morgan fingerprint density at radius 2 is 1.89 bits per heavy atom. The molecule has 0 aliphatic carbocycles. The number of ether oxygens (including phenoxy) is 1. The predicted octanol–water partition coefficient (Wildman–Crippen LogP) is 0.369. The molecule has 2 aliphatic heterocycles. The lowest BCUT2D eigenvalue weighted by Gasteiger charge is -2.29. The van der Waals surface area contributed by atoms with Gasteiger partial charge in [-0.05, 0) is 24.3 Å². The minimum atomic E-state index is -0.709. The van der Waals surface area contributed by atoms with Gasteiger partial charge >= 0.3 is 6.03 Å². The molecular formula is C12H12N4O3. The van der Waals surface area contributed by atoms with Crippen LogP contribution < -0.4 is 20.5 Å². The Morgan fingerprint density at radius 3 is 2.58 bits per heavy atom. The van der Waals surface area contributed by atoms with Crippen LogP contribution in [0.2, 0.25) is 0 Å². The Hall–Kier alpha value is -2.54. The standard InChI is InChI=1S/C12H12N4O3/c1-19-9-4-2-8(3-5-9)15-6-7-16-10(11(15)17)13-14-12(16)18/h2-7,10,13H,1H3,(H,14,18). The molecule has 1 saturated heterocycles. The van der Waals surface area contributed by atoms with Crippen molar-refractivity contribution in [2.45, 2.75) is 6.17 Å². The van der Waals surface area contributed by atoms with E-state index in [0.717, 1.165) is 5.75 Å². The number of anilines is 1. The van der Waals surface area contributed by atoms with Gasteiger partial charge in [-0.2, -0.15) is 0 Å². The van der Waals surface area contributed by atoms with Gasteiger partial charge in [0.2, 0.25) is 0 Å². The number of carbonyl (C=O) groups is 2. The number of rotatable bonds is 2. The number of benzene rings is 1. The summed E-state index contributed by atoms with van der Waals surface area (Å²) in [5.74, 6) is 0.487. The molecule has 7 nitrogen and oxygen atoms in total. The van der Waals surface area contributed by atoms with E-state index in [9.17, 15) is 9.59 Å². The lowest BCUT2D eigenvalue weighted by Crippen LogP contribution is -2.51. The summed E-state index contributed by atoms with van der Waals surface area (Å²) in [6.45, 7) is 0. The smallest absolute Gasteiger partial charge is 0.337 e. The zero-order valence-corrected chi connectivity index (χ0v) is 10.2. The second-order valence-corrected chi connectivity index (χ2v) is 4.09. The van der Waals surface area contributed by atoms with E-state index in [0.29, 0.717) is 5.69 Å². The fourth-order valence-electron chi connectivity index (χ4n) is 2.02. The number of urea groups is 1. The highest BCUT2D eigenvalue weighted by Crippen LogP contribution is 2.24. The highest BCUT2D eigenvalue weighted by atomic mass is 16.5. The first-order chi connectivity index (χ1) is 9.20. The summed E-state index contributed by atoms with van der Waals surface area (Å²) >= 11 is 0. The van der Waals surface area contributed by atoms with Gasteiger partial charge in [0, 0.05) is 18.1 Å². The summed E-state index contributed by atoms with van der Waals surface area (Å²) in [6, 6.07) is 6.76. The fourth-order valence-corrected chi connectivity index (χ4v) is 2.02. The SMILES string of the molecule is COc1ccc(N2C=CN3C(=O)NNC3C2=O)cc1. The van der Waals surface area contributed by atoms with Crippen molar-refractivity contribution in [2.24, 2.45) is 0 Å². The number of hydrogen-bond donors (Lipinski definition) is 2. The highest BCUT2D eigenvalue weighted by Gasteiger charge is 2.39. The largest absolute Gasteiger partial charge is 0.497 e. The molecule has 2 N–H and O–H groups in total. The summed E-state index contributed by atoms with van der Waals surface area (Å²) in [6.07, 6.45) is 2.42. The van der Waals surface area contributed by atoms with Crippen LogP contribution in [-0.4, -0.2) is 30.1 Å². The van der Waals surface area contributed by atoms with Gasteiger partial charge in [0.15, 0.2) is 6.17 Å². The van der Waals surface area contributed by atoms with E-state index in [1.165, 1.54) is 9.80 Å². The number of nitrogens with zero attached hydrogens (tertiary/aromatic N) is 2. The number of hydrazine groups is 1. The first-order valence-electron chi connectivity index (χ1n) is 5.70. The van der Waals surface area contributed by atoms with Gasteiger partial charge in [-0.3, -0.25) is 20.0 Å². The van der Waals surface area contributed by atoms with Crippen molar-refractivity contribution in [1.82, 2.24) is 15.8 Å². The molecule has 3 rings (SSSR count). The van der Waals surface area contributed by atoms with E-state index < -0.39 is 6.17 Å². The Morgan fingerprint density at radius 1 is 1.16 bits per heavy atom. The van der Waals surface area contributed by atoms with Crippen LogP contribution in [0.25, 0.3) is 0 Å². The average Bonchev–Trinajstić information content (AvgIpc) is 2.82. The second kappa shape index (κ2) is 4.29. The zero-order chi connectivity index (χ0) is 13.4. The lowest BCUT2D eigenvalue weighted by molar-refractivity contribution is -0.122. The molecule has 2 aliphatic rings. The van der Waals surface area contributed by atoms with Crippen molar-refractivity contribution in [3.05, 3.63) is 36.7 Å². The van der Waals surface area contributed by atoms with Crippen LogP contribution >= 0.6 is 0 Å². The minimum Gasteiger partial charge on any atom is -0.497 e. The number of hydrogen-bond acceptors (Lipinski definition) is 4. The maximum absolute atomic E-state index is 12.3. The average molecular weight is 260 g/mol. The molecule has 98 valence electrons. The van der Waals surface area contributed by atoms with Gasteiger partial charge in [0.1, 0.15) is 5.75 Å². The molecule has 1 aromatic carbocycles. The first kappa shape index (κ1) is 11.5. The number of methoxy groups -OCH3 is 1. The van der Waals surface area contributed by atoms with E-state index in [1.54, 1.807) is 43.8 Å². The van der Waals surface area contributed by atoms with Crippen LogP contribution in [0.4, 0.5) is 10.5 Å². The maximum atomic E-state index is 12.3. The predicted molar refractivity (Wildman–Crippen MR) is 66.9 cm³/mol. The maximum Gasteiger partial charge on any atom is 0.337 e. The van der Waals surface area contributed by atoms with Crippen LogP contribution in [0, 0.1) is 0 Å². The van der Waals surface area contributed by atoms with E-state index in [1.807, 2.05) is 0 Å². The van der Waals surface area contributed by atoms with Crippen molar-refractivity contribution >= 4 is 17.6 Å². The number of amides is 3. The molecule has 1 unspecified atom stereocenters. The highest BCUT2D eigenvalue weighted by molar-refractivity contribution is 6.02. The number of nitrogens with one attached hydrogen (secondary N) is 2. The van der Waals surface area contributed by atoms with Gasteiger partial charge < -0.3 is 4.74 Å². The van der Waals surface area contributed by atoms with Gasteiger partial charge in [-0.25, -0.2) is 10.2 Å². The Bertz CT molecular complexity index is 555. The van der Waals surface area contributed by atoms with E-state index in [2.05, 4.69) is 10.9 Å². The molecule has 1 fully saturated rings. The van der Waals surface area contributed by atoms with Crippen molar-refractivity contribution < 1.29 is 14.3 Å². The molecule has 19 heavy (non-hydrogen) atoms. The molecule has 3 amide bonds. The third kappa shape index (κ3) is 1.80. The van der Waals surface area contributed by atoms with Gasteiger partial charge in [0.05, 0.1) is 7.11 Å². The van der Waals surface area contributed by atoms with Crippen LogP contribution in [0.3, 0.4) is 0 Å². The van der Waals surface area contributed by atoms with Crippen molar-refractivity contribution in [3.8, 4) is 5.75 Å². The van der Waals surface area contributed by atoms with Crippen molar-refractivity contribution in [2.75, 3.05) is 12.0 Å². The fraction of sp³-hybridized carbons (Fsp3) is 0.167. The van der Waals surface area contributed by atoms with Gasteiger partial charge in [-0.15, -0.1) is 0 Å². The third-order valence-corrected chi connectivity index (χ3v) is 3.03. The quantitative estimate of drug-likeness (QED) is 0.805. The van der Waals surface area contributed by atoms with E-state index in [-0.39, 0.29) is 11.9 Å². The van der Waals surface area contributed by atoms with Gasteiger partial charge in [0.25, 0.3) is 5.91 Å². The van der Waals surface area contributed by atoms with Crippen LogP contribution in [0.5, 0.6) is 5.75 Å². The number of carbonyl (C=O) groups excluding carboxylic acids is 2. The molecule has 0 radical (unpaired) electrons. The molecule has 1 aromatic rings.